The highest BCUT2D eigenvalue weighted by Gasteiger charge is 2.38. The summed E-state index contributed by atoms with van der Waals surface area (Å²) in [7, 11) is 1.37. The second kappa shape index (κ2) is 4.47. The van der Waals surface area contributed by atoms with Gasteiger partial charge < -0.3 is 9.47 Å². The monoisotopic (exact) mass is 266 g/mol. The number of carbonyl (C=O) groups excluding carboxylic acids is 1. The first-order valence-corrected chi connectivity index (χ1v) is 6.67. The van der Waals surface area contributed by atoms with E-state index >= 15 is 0 Å². The second-order valence-corrected chi connectivity index (χ2v) is 5.35. The maximum atomic E-state index is 11.8. The molecular weight excluding hydrogens is 252 g/mol. The highest BCUT2D eigenvalue weighted by atomic mass is 35.5. The molecule has 0 aromatic heterocycles. The van der Waals surface area contributed by atoms with E-state index in [1.54, 1.807) is 6.07 Å². The van der Waals surface area contributed by atoms with Gasteiger partial charge in [0.15, 0.2) is 0 Å². The van der Waals surface area contributed by atoms with Gasteiger partial charge in [-0.3, -0.25) is 0 Å². The SMILES string of the molecule is COC(=O)c1cc(Cl)cc2c1O[C@H]1CCCC[C@@H]21. The molecule has 2 aliphatic rings. The standard InChI is InChI=1S/C14H15ClO3/c1-17-14(16)11-7-8(15)6-10-9-4-2-3-5-12(9)18-13(10)11/h6-7,9,12H,2-5H2,1H3/t9-,12-/m0/s1. The summed E-state index contributed by atoms with van der Waals surface area (Å²) in [5.74, 6) is 0.686. The van der Waals surface area contributed by atoms with Gasteiger partial charge in [0.05, 0.1) is 7.11 Å². The molecule has 0 bridgehead atoms. The first-order chi connectivity index (χ1) is 8.70. The molecule has 1 aromatic carbocycles. The summed E-state index contributed by atoms with van der Waals surface area (Å²) in [6.07, 6.45) is 4.77. The second-order valence-electron chi connectivity index (χ2n) is 4.91. The number of halogens is 1. The lowest BCUT2D eigenvalue weighted by atomic mass is 9.83. The predicted octanol–water partition coefficient (Wildman–Crippen LogP) is 3.55. The van der Waals surface area contributed by atoms with Crippen LogP contribution in [0.3, 0.4) is 0 Å². The van der Waals surface area contributed by atoms with Crippen LogP contribution in [0.1, 0.15) is 47.5 Å². The third-order valence-electron chi connectivity index (χ3n) is 3.86. The Balaban J connectivity index is 2.08. The van der Waals surface area contributed by atoms with Crippen molar-refractivity contribution in [1.29, 1.82) is 0 Å². The molecule has 0 unspecified atom stereocenters. The fourth-order valence-electron chi connectivity index (χ4n) is 3.03. The summed E-state index contributed by atoms with van der Waals surface area (Å²) < 4.78 is 10.8. The number of ether oxygens (including phenoxy) is 2. The smallest absolute Gasteiger partial charge is 0.341 e. The number of hydrogen-bond donors (Lipinski definition) is 0. The summed E-state index contributed by atoms with van der Waals surface area (Å²) in [6, 6.07) is 3.56. The first kappa shape index (κ1) is 11.8. The van der Waals surface area contributed by atoms with E-state index in [2.05, 4.69) is 0 Å². The number of benzene rings is 1. The molecular formula is C14H15ClO3. The fourth-order valence-corrected chi connectivity index (χ4v) is 3.25. The van der Waals surface area contributed by atoms with Gasteiger partial charge >= 0.3 is 5.97 Å². The average Bonchev–Trinajstić information content (AvgIpc) is 2.75. The molecule has 1 saturated carbocycles. The number of fused-ring (bicyclic) bond motifs is 3. The molecule has 4 heteroatoms. The Morgan fingerprint density at radius 3 is 2.94 bits per heavy atom. The van der Waals surface area contributed by atoms with Crippen LogP contribution in [0.25, 0.3) is 0 Å². The third kappa shape index (κ3) is 1.77. The fraction of sp³-hybridized carbons (Fsp3) is 0.500. The number of esters is 1. The summed E-state index contributed by atoms with van der Waals surface area (Å²) in [4.78, 5) is 11.8. The van der Waals surface area contributed by atoms with Gasteiger partial charge in [-0.25, -0.2) is 4.79 Å². The van der Waals surface area contributed by atoms with Gasteiger partial charge in [0, 0.05) is 16.5 Å². The van der Waals surface area contributed by atoms with Crippen molar-refractivity contribution in [1.82, 2.24) is 0 Å². The van der Waals surface area contributed by atoms with E-state index in [4.69, 9.17) is 21.1 Å². The lowest BCUT2D eigenvalue weighted by Gasteiger charge is -2.23. The van der Waals surface area contributed by atoms with E-state index in [9.17, 15) is 4.79 Å². The Labute approximate surface area is 111 Å². The van der Waals surface area contributed by atoms with Crippen LogP contribution in [-0.2, 0) is 4.74 Å². The van der Waals surface area contributed by atoms with Gasteiger partial charge in [0.25, 0.3) is 0 Å². The average molecular weight is 267 g/mol. The van der Waals surface area contributed by atoms with Gasteiger partial charge in [-0.15, -0.1) is 0 Å². The number of methoxy groups -OCH3 is 1. The van der Waals surface area contributed by atoms with Crippen LogP contribution in [0.5, 0.6) is 5.75 Å². The highest BCUT2D eigenvalue weighted by molar-refractivity contribution is 6.31. The van der Waals surface area contributed by atoms with Crippen molar-refractivity contribution in [3.63, 3.8) is 0 Å². The lowest BCUT2D eigenvalue weighted by molar-refractivity contribution is 0.0593. The van der Waals surface area contributed by atoms with Crippen molar-refractivity contribution in [3.05, 3.63) is 28.3 Å². The van der Waals surface area contributed by atoms with Crippen molar-refractivity contribution in [3.8, 4) is 5.75 Å². The molecule has 96 valence electrons. The molecule has 2 atom stereocenters. The van der Waals surface area contributed by atoms with E-state index in [-0.39, 0.29) is 12.1 Å². The molecule has 1 aliphatic carbocycles. The zero-order chi connectivity index (χ0) is 12.7. The molecule has 0 spiro atoms. The predicted molar refractivity (Wildman–Crippen MR) is 68.4 cm³/mol. The lowest BCUT2D eigenvalue weighted by Crippen LogP contribution is -2.22. The minimum absolute atomic E-state index is 0.204. The maximum Gasteiger partial charge on any atom is 0.341 e. The topological polar surface area (TPSA) is 35.5 Å². The van der Waals surface area contributed by atoms with Gasteiger partial charge in [-0.1, -0.05) is 18.0 Å². The van der Waals surface area contributed by atoms with Crippen molar-refractivity contribution in [2.24, 2.45) is 0 Å². The zero-order valence-corrected chi connectivity index (χ0v) is 11.0. The van der Waals surface area contributed by atoms with Crippen molar-refractivity contribution < 1.29 is 14.3 Å². The molecule has 0 N–H and O–H groups in total. The van der Waals surface area contributed by atoms with Crippen LogP contribution in [-0.4, -0.2) is 19.2 Å². The minimum atomic E-state index is -0.382. The van der Waals surface area contributed by atoms with E-state index in [1.165, 1.54) is 20.0 Å². The molecule has 18 heavy (non-hydrogen) atoms. The van der Waals surface area contributed by atoms with Gasteiger partial charge in [0.1, 0.15) is 17.4 Å². The molecule has 1 aliphatic heterocycles. The summed E-state index contributed by atoms with van der Waals surface area (Å²) in [5.41, 5.74) is 1.53. The van der Waals surface area contributed by atoms with Crippen molar-refractivity contribution in [2.75, 3.05) is 7.11 Å². The Morgan fingerprint density at radius 1 is 1.39 bits per heavy atom. The van der Waals surface area contributed by atoms with Crippen LogP contribution in [0.2, 0.25) is 5.02 Å². The number of hydrogen-bond acceptors (Lipinski definition) is 3. The van der Waals surface area contributed by atoms with Gasteiger partial charge in [0.2, 0.25) is 0 Å². The van der Waals surface area contributed by atoms with E-state index in [0.29, 0.717) is 22.3 Å². The highest BCUT2D eigenvalue weighted by Crippen LogP contribution is 2.48. The van der Waals surface area contributed by atoms with Crippen LogP contribution in [0.4, 0.5) is 0 Å². The Hall–Kier alpha value is -1.22. The van der Waals surface area contributed by atoms with E-state index in [1.807, 2.05) is 6.07 Å². The number of rotatable bonds is 1. The van der Waals surface area contributed by atoms with Crippen LogP contribution in [0, 0.1) is 0 Å². The summed E-state index contributed by atoms with van der Waals surface area (Å²) in [6.45, 7) is 0. The molecule has 1 fully saturated rings. The molecule has 0 amide bonds. The molecule has 3 nitrogen and oxygen atoms in total. The maximum absolute atomic E-state index is 11.8. The molecule has 1 aromatic rings. The molecule has 1 heterocycles. The van der Waals surface area contributed by atoms with E-state index in [0.717, 1.165) is 18.4 Å². The van der Waals surface area contributed by atoms with Crippen molar-refractivity contribution in [2.45, 2.75) is 37.7 Å². The number of carbonyl (C=O) groups is 1. The first-order valence-electron chi connectivity index (χ1n) is 6.29. The molecule has 3 rings (SSSR count). The quantitative estimate of drug-likeness (QED) is 0.730. The Morgan fingerprint density at radius 2 is 2.17 bits per heavy atom. The van der Waals surface area contributed by atoms with Crippen LogP contribution >= 0.6 is 11.6 Å². The largest absolute Gasteiger partial charge is 0.489 e. The van der Waals surface area contributed by atoms with Gasteiger partial charge in [-0.05, 0) is 31.4 Å². The summed E-state index contributed by atoms with van der Waals surface area (Å²) in [5, 5.41) is 0.573. The Bertz CT molecular complexity index is 498. The van der Waals surface area contributed by atoms with Crippen molar-refractivity contribution >= 4 is 17.6 Å². The molecule has 0 radical (unpaired) electrons. The normalized spacial score (nSPS) is 25.0. The minimum Gasteiger partial charge on any atom is -0.489 e. The van der Waals surface area contributed by atoms with Crippen LogP contribution in [0.15, 0.2) is 12.1 Å². The van der Waals surface area contributed by atoms with E-state index < -0.39 is 0 Å². The van der Waals surface area contributed by atoms with Gasteiger partial charge in [-0.2, -0.15) is 0 Å². The Kier molecular flexibility index (Phi) is 2.94. The third-order valence-corrected chi connectivity index (χ3v) is 4.08. The summed E-state index contributed by atoms with van der Waals surface area (Å²) >= 11 is 6.10. The van der Waals surface area contributed by atoms with Crippen LogP contribution < -0.4 is 4.74 Å². The zero-order valence-electron chi connectivity index (χ0n) is 10.2. The molecule has 0 saturated heterocycles.